The van der Waals surface area contributed by atoms with E-state index in [1.54, 1.807) is 7.05 Å². The zero-order chi connectivity index (χ0) is 20.4. The summed E-state index contributed by atoms with van der Waals surface area (Å²) in [4.78, 5) is 18.7. The molecule has 1 aromatic rings. The molecule has 1 amide bonds. The van der Waals surface area contributed by atoms with Gasteiger partial charge in [-0.1, -0.05) is 19.1 Å². The summed E-state index contributed by atoms with van der Waals surface area (Å²) in [5.74, 6) is 1.84. The lowest BCUT2D eigenvalue weighted by molar-refractivity contribution is -0.134. The van der Waals surface area contributed by atoms with Crippen LogP contribution in [0.1, 0.15) is 57.1 Å². The number of hydrogen-bond donors (Lipinski definition) is 2. The number of nitrogens with zero attached hydrogens (tertiary/aromatic N) is 2. The van der Waals surface area contributed by atoms with Crippen LogP contribution < -0.4 is 15.4 Å². The zero-order valence-corrected chi connectivity index (χ0v) is 20.6. The van der Waals surface area contributed by atoms with Gasteiger partial charge in [0, 0.05) is 44.7 Å². The van der Waals surface area contributed by atoms with Gasteiger partial charge in [-0.2, -0.15) is 0 Å². The number of halogens is 1. The molecular weight excluding hydrogens is 479 g/mol. The minimum absolute atomic E-state index is 0. The molecular formula is C22H37IN4O2. The fourth-order valence-corrected chi connectivity index (χ4v) is 3.45. The number of carbonyl (C=O) groups is 1. The highest BCUT2D eigenvalue weighted by Gasteiger charge is 2.22. The third-order valence-electron chi connectivity index (χ3n) is 5.11. The van der Waals surface area contributed by atoms with Crippen molar-refractivity contribution in [1.82, 2.24) is 15.5 Å². The third kappa shape index (κ3) is 8.40. The monoisotopic (exact) mass is 516 g/mol. The Hall–Kier alpha value is -1.51. The molecule has 0 aromatic heterocycles. The van der Waals surface area contributed by atoms with E-state index in [-0.39, 0.29) is 29.9 Å². The number of likely N-dealkylation sites (tertiary alicyclic amines) is 1. The molecule has 29 heavy (non-hydrogen) atoms. The Morgan fingerprint density at radius 3 is 2.79 bits per heavy atom. The van der Waals surface area contributed by atoms with Gasteiger partial charge in [-0.05, 0) is 51.2 Å². The number of guanidine groups is 1. The van der Waals surface area contributed by atoms with Crippen molar-refractivity contribution in [3.63, 3.8) is 0 Å². The standard InChI is InChI=1S/C22H36N4O2.HI/c1-5-14-28-20-15-17(2)9-10-19(20)16-25-22(23-4)24-12-11-21(27)26-13-7-6-8-18(26)3;/h9-10,15,18H,5-8,11-14,16H2,1-4H3,(H2,23,24,25);1H. The van der Waals surface area contributed by atoms with Crippen molar-refractivity contribution >= 4 is 35.8 Å². The molecule has 2 rings (SSSR count). The van der Waals surface area contributed by atoms with Crippen LogP contribution in [0.3, 0.4) is 0 Å². The lowest BCUT2D eigenvalue weighted by Crippen LogP contribution is -2.44. The number of aryl methyl sites for hydroxylation is 1. The summed E-state index contributed by atoms with van der Waals surface area (Å²) in [5.41, 5.74) is 2.28. The molecule has 0 spiro atoms. The van der Waals surface area contributed by atoms with Crippen molar-refractivity contribution in [2.45, 2.75) is 65.5 Å². The Labute approximate surface area is 192 Å². The Balaban J connectivity index is 0.00000420. The molecule has 1 saturated heterocycles. The fraction of sp³-hybridized carbons (Fsp3) is 0.636. The Morgan fingerprint density at radius 2 is 2.10 bits per heavy atom. The number of rotatable bonds is 8. The van der Waals surface area contributed by atoms with Gasteiger partial charge in [0.1, 0.15) is 5.75 Å². The van der Waals surface area contributed by atoms with Crippen LogP contribution >= 0.6 is 24.0 Å². The molecule has 1 atom stereocenters. The molecule has 1 aromatic carbocycles. The van der Waals surface area contributed by atoms with Crippen LogP contribution in [0.15, 0.2) is 23.2 Å². The van der Waals surface area contributed by atoms with E-state index in [1.165, 1.54) is 12.0 Å². The number of amides is 1. The van der Waals surface area contributed by atoms with Crippen LogP contribution in [-0.2, 0) is 11.3 Å². The number of aliphatic imine (C=N–C) groups is 1. The largest absolute Gasteiger partial charge is 0.493 e. The first-order valence-electron chi connectivity index (χ1n) is 10.5. The molecule has 6 nitrogen and oxygen atoms in total. The average Bonchev–Trinajstić information content (AvgIpc) is 2.70. The van der Waals surface area contributed by atoms with Crippen LogP contribution in [-0.4, -0.2) is 49.6 Å². The molecule has 164 valence electrons. The molecule has 2 N–H and O–H groups in total. The molecule has 0 radical (unpaired) electrons. The van der Waals surface area contributed by atoms with Crippen molar-refractivity contribution in [2.24, 2.45) is 4.99 Å². The van der Waals surface area contributed by atoms with Gasteiger partial charge in [0.15, 0.2) is 5.96 Å². The van der Waals surface area contributed by atoms with Gasteiger partial charge in [0.2, 0.25) is 5.91 Å². The number of carbonyl (C=O) groups excluding carboxylic acids is 1. The SMILES string of the molecule is CCCOc1cc(C)ccc1CNC(=NC)NCCC(=O)N1CCCCC1C.I. The number of benzene rings is 1. The quantitative estimate of drug-likeness (QED) is 0.313. The van der Waals surface area contributed by atoms with Crippen molar-refractivity contribution in [1.29, 1.82) is 0 Å². The van der Waals surface area contributed by atoms with Crippen molar-refractivity contribution in [3.05, 3.63) is 29.3 Å². The van der Waals surface area contributed by atoms with Crippen LogP contribution in [0.4, 0.5) is 0 Å². The van der Waals surface area contributed by atoms with E-state index in [4.69, 9.17) is 4.74 Å². The number of nitrogens with one attached hydrogen (secondary N) is 2. The van der Waals surface area contributed by atoms with Gasteiger partial charge in [-0.3, -0.25) is 9.79 Å². The van der Waals surface area contributed by atoms with Gasteiger partial charge in [0.05, 0.1) is 6.61 Å². The normalized spacial score (nSPS) is 16.8. The molecule has 1 heterocycles. The zero-order valence-electron chi connectivity index (χ0n) is 18.3. The summed E-state index contributed by atoms with van der Waals surface area (Å²) in [6.07, 6.45) is 4.92. The minimum Gasteiger partial charge on any atom is -0.493 e. The van der Waals surface area contributed by atoms with E-state index in [2.05, 4.69) is 54.6 Å². The van der Waals surface area contributed by atoms with E-state index < -0.39 is 0 Å². The predicted octanol–water partition coefficient (Wildman–Crippen LogP) is 3.86. The van der Waals surface area contributed by atoms with Crippen molar-refractivity contribution in [3.8, 4) is 5.75 Å². The topological polar surface area (TPSA) is 66.0 Å². The maximum atomic E-state index is 12.4. The minimum atomic E-state index is 0. The van der Waals surface area contributed by atoms with Crippen LogP contribution in [0, 0.1) is 6.92 Å². The van der Waals surface area contributed by atoms with Crippen LogP contribution in [0.5, 0.6) is 5.75 Å². The second-order valence-corrected chi connectivity index (χ2v) is 7.49. The Bertz CT molecular complexity index is 666. The summed E-state index contributed by atoms with van der Waals surface area (Å²) in [5, 5.41) is 6.57. The highest BCUT2D eigenvalue weighted by molar-refractivity contribution is 14.0. The lowest BCUT2D eigenvalue weighted by Gasteiger charge is -2.33. The first kappa shape index (κ1) is 25.5. The first-order chi connectivity index (χ1) is 13.5. The van der Waals surface area contributed by atoms with Gasteiger partial charge in [-0.15, -0.1) is 24.0 Å². The average molecular weight is 516 g/mol. The maximum Gasteiger partial charge on any atom is 0.224 e. The fourth-order valence-electron chi connectivity index (χ4n) is 3.45. The summed E-state index contributed by atoms with van der Waals surface area (Å²) in [7, 11) is 1.74. The van der Waals surface area contributed by atoms with E-state index >= 15 is 0 Å². The Morgan fingerprint density at radius 1 is 1.31 bits per heavy atom. The number of hydrogen-bond acceptors (Lipinski definition) is 3. The molecule has 1 aliphatic heterocycles. The highest BCUT2D eigenvalue weighted by Crippen LogP contribution is 2.20. The van der Waals surface area contributed by atoms with Gasteiger partial charge < -0.3 is 20.3 Å². The smallest absolute Gasteiger partial charge is 0.224 e. The molecule has 0 saturated carbocycles. The van der Waals surface area contributed by atoms with E-state index in [9.17, 15) is 4.79 Å². The van der Waals surface area contributed by atoms with Gasteiger partial charge in [0.25, 0.3) is 0 Å². The number of ether oxygens (including phenoxy) is 1. The molecule has 7 heteroatoms. The lowest BCUT2D eigenvalue weighted by atomic mass is 10.0. The van der Waals surface area contributed by atoms with Crippen LogP contribution in [0.2, 0.25) is 0 Å². The van der Waals surface area contributed by atoms with Crippen LogP contribution in [0.25, 0.3) is 0 Å². The van der Waals surface area contributed by atoms with E-state index in [1.807, 2.05) is 4.90 Å². The predicted molar refractivity (Wildman–Crippen MR) is 130 cm³/mol. The number of piperidine rings is 1. The summed E-state index contributed by atoms with van der Waals surface area (Å²) < 4.78 is 5.87. The van der Waals surface area contributed by atoms with E-state index in [0.717, 1.165) is 37.1 Å². The third-order valence-corrected chi connectivity index (χ3v) is 5.11. The van der Waals surface area contributed by atoms with E-state index in [0.29, 0.717) is 38.1 Å². The second kappa shape index (κ2) is 13.7. The Kier molecular flexibility index (Phi) is 12.0. The summed E-state index contributed by atoms with van der Waals surface area (Å²) in [6, 6.07) is 6.61. The molecule has 1 aliphatic rings. The highest BCUT2D eigenvalue weighted by atomic mass is 127. The maximum absolute atomic E-state index is 12.4. The first-order valence-corrected chi connectivity index (χ1v) is 10.5. The van der Waals surface area contributed by atoms with Crippen molar-refractivity contribution < 1.29 is 9.53 Å². The molecule has 0 bridgehead atoms. The molecule has 1 fully saturated rings. The second-order valence-electron chi connectivity index (χ2n) is 7.49. The molecule has 1 unspecified atom stereocenters. The molecule has 0 aliphatic carbocycles. The van der Waals surface area contributed by atoms with Gasteiger partial charge >= 0.3 is 0 Å². The summed E-state index contributed by atoms with van der Waals surface area (Å²) >= 11 is 0. The summed E-state index contributed by atoms with van der Waals surface area (Å²) in [6.45, 7) is 9.11. The van der Waals surface area contributed by atoms with Gasteiger partial charge in [-0.25, -0.2) is 0 Å². The van der Waals surface area contributed by atoms with Crippen molar-refractivity contribution in [2.75, 3.05) is 26.7 Å².